The summed E-state index contributed by atoms with van der Waals surface area (Å²) in [5, 5.41) is 3.11. The Hall–Kier alpha value is -3.15. The first kappa shape index (κ1) is 14.8. The first-order valence-corrected chi connectivity index (χ1v) is 7.22. The predicted octanol–water partition coefficient (Wildman–Crippen LogP) is 3.17. The molecule has 23 heavy (non-hydrogen) atoms. The molecule has 6 heteroatoms. The van der Waals surface area contributed by atoms with Crippen molar-refractivity contribution in [2.24, 2.45) is 0 Å². The molecule has 0 saturated carbocycles. The van der Waals surface area contributed by atoms with E-state index >= 15 is 0 Å². The lowest BCUT2D eigenvalue weighted by atomic mass is 10.2. The van der Waals surface area contributed by atoms with Crippen LogP contribution in [0.15, 0.2) is 42.5 Å². The van der Waals surface area contributed by atoms with Gasteiger partial charge in [0.05, 0.1) is 23.3 Å². The van der Waals surface area contributed by atoms with E-state index in [1.165, 1.54) is 0 Å². The van der Waals surface area contributed by atoms with Gasteiger partial charge in [-0.05, 0) is 37.3 Å². The molecule has 6 nitrogen and oxygen atoms in total. The van der Waals surface area contributed by atoms with Crippen LogP contribution in [0.1, 0.15) is 17.3 Å². The van der Waals surface area contributed by atoms with Gasteiger partial charge in [-0.2, -0.15) is 0 Å². The van der Waals surface area contributed by atoms with Gasteiger partial charge in [-0.15, -0.1) is 0 Å². The summed E-state index contributed by atoms with van der Waals surface area (Å²) >= 11 is 0. The van der Waals surface area contributed by atoms with Crippen LogP contribution in [0.5, 0.6) is 5.75 Å². The Balaban J connectivity index is 2.04. The number of hydrogen-bond acceptors (Lipinski definition) is 6. The van der Waals surface area contributed by atoms with Crippen molar-refractivity contribution in [2.45, 2.75) is 6.92 Å². The fourth-order valence-electron chi connectivity index (χ4n) is 2.23. The second-order valence-electron chi connectivity index (χ2n) is 4.88. The number of rotatable bonds is 5. The summed E-state index contributed by atoms with van der Waals surface area (Å²) in [5.41, 5.74) is 8.59. The predicted molar refractivity (Wildman–Crippen MR) is 90.2 cm³/mol. The number of fused-ring (bicyclic) bond motifs is 1. The fourth-order valence-corrected chi connectivity index (χ4v) is 2.23. The standard InChI is InChI=1S/C17H16N4O2/c1-2-23-15-8-7-11(10-22)9-14(15)21-17-16(18)19-12-5-3-4-6-13(12)20-17/h3-10H,2H2,1H3,(H2,18,19)(H,20,21). The average Bonchev–Trinajstić information content (AvgIpc) is 2.57. The van der Waals surface area contributed by atoms with Gasteiger partial charge in [0.25, 0.3) is 0 Å². The summed E-state index contributed by atoms with van der Waals surface area (Å²) in [6.45, 7) is 2.40. The largest absolute Gasteiger partial charge is 0.492 e. The lowest BCUT2D eigenvalue weighted by Gasteiger charge is -2.14. The van der Waals surface area contributed by atoms with Crippen molar-refractivity contribution >= 4 is 34.6 Å². The van der Waals surface area contributed by atoms with Gasteiger partial charge in [-0.3, -0.25) is 4.79 Å². The minimum absolute atomic E-state index is 0.280. The molecular weight excluding hydrogens is 292 g/mol. The number of para-hydroxylation sites is 2. The van der Waals surface area contributed by atoms with Crippen molar-refractivity contribution < 1.29 is 9.53 Å². The molecule has 0 amide bonds. The van der Waals surface area contributed by atoms with E-state index in [1.807, 2.05) is 31.2 Å². The van der Waals surface area contributed by atoms with Gasteiger partial charge in [-0.1, -0.05) is 12.1 Å². The van der Waals surface area contributed by atoms with Crippen molar-refractivity contribution in [1.82, 2.24) is 9.97 Å². The fraction of sp³-hybridized carbons (Fsp3) is 0.118. The molecule has 1 aromatic heterocycles. The number of carbonyl (C=O) groups excluding carboxylic acids is 1. The number of aromatic nitrogens is 2. The molecule has 0 saturated heterocycles. The quantitative estimate of drug-likeness (QED) is 0.704. The molecule has 3 N–H and O–H groups in total. The van der Waals surface area contributed by atoms with Gasteiger partial charge in [0.15, 0.2) is 11.6 Å². The lowest BCUT2D eigenvalue weighted by Crippen LogP contribution is -2.04. The third-order valence-corrected chi connectivity index (χ3v) is 3.29. The Morgan fingerprint density at radius 1 is 1.17 bits per heavy atom. The van der Waals surface area contributed by atoms with Crippen LogP contribution in [0.25, 0.3) is 11.0 Å². The highest BCUT2D eigenvalue weighted by atomic mass is 16.5. The molecule has 0 fully saturated rings. The number of carbonyl (C=O) groups is 1. The topological polar surface area (TPSA) is 90.1 Å². The smallest absolute Gasteiger partial charge is 0.174 e. The summed E-state index contributed by atoms with van der Waals surface area (Å²) < 4.78 is 5.57. The Morgan fingerprint density at radius 3 is 2.61 bits per heavy atom. The molecular formula is C17H16N4O2. The highest BCUT2D eigenvalue weighted by Gasteiger charge is 2.10. The molecule has 0 bridgehead atoms. The summed E-state index contributed by atoms with van der Waals surface area (Å²) in [7, 11) is 0. The van der Waals surface area contributed by atoms with E-state index in [4.69, 9.17) is 10.5 Å². The third-order valence-electron chi connectivity index (χ3n) is 3.29. The maximum atomic E-state index is 11.0. The number of nitrogens with zero attached hydrogens (tertiary/aromatic N) is 2. The first-order chi connectivity index (χ1) is 11.2. The van der Waals surface area contributed by atoms with Crippen LogP contribution in [0.2, 0.25) is 0 Å². The maximum Gasteiger partial charge on any atom is 0.174 e. The Kier molecular flexibility index (Phi) is 4.05. The van der Waals surface area contributed by atoms with Crippen LogP contribution in [0.4, 0.5) is 17.3 Å². The van der Waals surface area contributed by atoms with Crippen molar-refractivity contribution in [3.8, 4) is 5.75 Å². The highest BCUT2D eigenvalue weighted by molar-refractivity contribution is 5.84. The summed E-state index contributed by atoms with van der Waals surface area (Å²) in [6, 6.07) is 12.6. The molecule has 0 aliphatic carbocycles. The number of ether oxygens (including phenoxy) is 1. The summed E-state index contributed by atoms with van der Waals surface area (Å²) in [5.74, 6) is 1.32. The monoisotopic (exact) mass is 308 g/mol. The van der Waals surface area contributed by atoms with Crippen LogP contribution in [-0.4, -0.2) is 22.9 Å². The molecule has 0 aliphatic heterocycles. The number of nitrogens with one attached hydrogen (secondary N) is 1. The highest BCUT2D eigenvalue weighted by Crippen LogP contribution is 2.30. The molecule has 1 heterocycles. The Labute approximate surface area is 133 Å². The van der Waals surface area contributed by atoms with E-state index in [9.17, 15) is 4.79 Å². The Bertz CT molecular complexity index is 864. The second-order valence-corrected chi connectivity index (χ2v) is 4.88. The van der Waals surface area contributed by atoms with Gasteiger partial charge in [0, 0.05) is 5.56 Å². The molecule has 0 aliphatic rings. The number of nitrogens with two attached hydrogens (primary N) is 1. The second kappa shape index (κ2) is 6.31. The van der Waals surface area contributed by atoms with E-state index in [1.54, 1.807) is 18.2 Å². The molecule has 0 atom stereocenters. The molecule has 3 aromatic rings. The van der Waals surface area contributed by atoms with E-state index < -0.39 is 0 Å². The molecule has 2 aromatic carbocycles. The first-order valence-electron chi connectivity index (χ1n) is 7.22. The molecule has 0 spiro atoms. The van der Waals surface area contributed by atoms with Crippen molar-refractivity contribution in [3.05, 3.63) is 48.0 Å². The summed E-state index contributed by atoms with van der Waals surface area (Å²) in [6.07, 6.45) is 0.774. The number of hydrogen-bond donors (Lipinski definition) is 2. The van der Waals surface area contributed by atoms with Crippen LogP contribution >= 0.6 is 0 Å². The lowest BCUT2D eigenvalue weighted by molar-refractivity contribution is 0.112. The minimum atomic E-state index is 0.280. The van der Waals surface area contributed by atoms with Gasteiger partial charge < -0.3 is 15.8 Å². The number of aldehydes is 1. The van der Waals surface area contributed by atoms with Crippen LogP contribution in [0, 0.1) is 0 Å². The Morgan fingerprint density at radius 2 is 1.91 bits per heavy atom. The minimum Gasteiger partial charge on any atom is -0.492 e. The zero-order chi connectivity index (χ0) is 16.2. The van der Waals surface area contributed by atoms with Crippen molar-refractivity contribution in [3.63, 3.8) is 0 Å². The molecule has 3 rings (SSSR count). The molecule has 0 radical (unpaired) electrons. The van der Waals surface area contributed by atoms with Crippen LogP contribution in [0.3, 0.4) is 0 Å². The van der Waals surface area contributed by atoms with E-state index in [0.29, 0.717) is 29.4 Å². The van der Waals surface area contributed by atoms with Gasteiger partial charge in [0.2, 0.25) is 0 Å². The van der Waals surface area contributed by atoms with Gasteiger partial charge >= 0.3 is 0 Å². The van der Waals surface area contributed by atoms with E-state index in [2.05, 4.69) is 15.3 Å². The zero-order valence-corrected chi connectivity index (χ0v) is 12.6. The SMILES string of the molecule is CCOc1ccc(C=O)cc1Nc1nc2ccccc2nc1N. The average molecular weight is 308 g/mol. The molecule has 116 valence electrons. The van der Waals surface area contributed by atoms with Crippen molar-refractivity contribution in [2.75, 3.05) is 17.7 Å². The number of benzene rings is 2. The van der Waals surface area contributed by atoms with Gasteiger partial charge in [-0.25, -0.2) is 9.97 Å². The number of anilines is 3. The van der Waals surface area contributed by atoms with E-state index in [0.717, 1.165) is 17.3 Å². The zero-order valence-electron chi connectivity index (χ0n) is 12.6. The normalized spacial score (nSPS) is 10.5. The number of nitrogen functional groups attached to an aromatic ring is 1. The molecule has 0 unspecified atom stereocenters. The van der Waals surface area contributed by atoms with Crippen LogP contribution in [-0.2, 0) is 0 Å². The van der Waals surface area contributed by atoms with Crippen LogP contribution < -0.4 is 15.8 Å². The van der Waals surface area contributed by atoms with Crippen molar-refractivity contribution in [1.29, 1.82) is 0 Å². The van der Waals surface area contributed by atoms with Gasteiger partial charge in [0.1, 0.15) is 12.0 Å². The third kappa shape index (κ3) is 3.06. The van der Waals surface area contributed by atoms with E-state index in [-0.39, 0.29) is 5.82 Å². The maximum absolute atomic E-state index is 11.0. The summed E-state index contributed by atoms with van der Waals surface area (Å²) in [4.78, 5) is 19.8.